The minimum atomic E-state index is -3.55. The molecule has 1 saturated heterocycles. The van der Waals surface area contributed by atoms with Gasteiger partial charge in [0.25, 0.3) is 0 Å². The highest BCUT2D eigenvalue weighted by Gasteiger charge is 2.32. The fraction of sp³-hybridized carbons (Fsp3) is 0.286. The Kier molecular flexibility index (Phi) is 7.11. The van der Waals surface area contributed by atoms with E-state index in [0.29, 0.717) is 45.1 Å². The van der Waals surface area contributed by atoms with Gasteiger partial charge < -0.3 is 5.32 Å². The first kappa shape index (κ1) is 23.1. The summed E-state index contributed by atoms with van der Waals surface area (Å²) in [6.07, 6.45) is 1.23. The summed E-state index contributed by atoms with van der Waals surface area (Å²) in [5, 5.41) is 13.2. The third kappa shape index (κ3) is 5.65. The van der Waals surface area contributed by atoms with Crippen LogP contribution in [0.4, 0.5) is 5.13 Å². The number of nitrogens with one attached hydrogen (secondary N) is 1. The van der Waals surface area contributed by atoms with Crippen molar-refractivity contribution in [1.29, 1.82) is 0 Å². The van der Waals surface area contributed by atoms with E-state index in [1.807, 2.05) is 12.1 Å². The Bertz CT molecular complexity index is 1200. The number of sulfonamides is 1. The van der Waals surface area contributed by atoms with Crippen LogP contribution in [-0.2, 0) is 20.6 Å². The predicted octanol–water partition coefficient (Wildman–Crippen LogP) is 4.69. The number of hydrogen-bond donors (Lipinski definition) is 1. The van der Waals surface area contributed by atoms with E-state index in [-0.39, 0.29) is 18.2 Å². The fourth-order valence-corrected chi connectivity index (χ4v) is 6.10. The third-order valence-electron chi connectivity index (χ3n) is 5.16. The number of carbonyl (C=O) groups excluding carboxylic acids is 1. The Morgan fingerprint density at radius 1 is 1.06 bits per heavy atom. The highest BCUT2D eigenvalue weighted by atomic mass is 35.5. The summed E-state index contributed by atoms with van der Waals surface area (Å²) < 4.78 is 27.2. The van der Waals surface area contributed by atoms with Crippen LogP contribution in [0.3, 0.4) is 0 Å². The molecule has 0 saturated carbocycles. The van der Waals surface area contributed by atoms with Gasteiger partial charge in [-0.25, -0.2) is 12.7 Å². The number of carbonyl (C=O) groups is 1. The molecule has 1 aliphatic heterocycles. The Morgan fingerprint density at radius 3 is 2.41 bits per heavy atom. The molecule has 1 aliphatic rings. The van der Waals surface area contributed by atoms with Gasteiger partial charge in [-0.2, -0.15) is 0 Å². The molecule has 11 heteroatoms. The van der Waals surface area contributed by atoms with Crippen molar-refractivity contribution in [1.82, 2.24) is 14.5 Å². The second-order valence-electron chi connectivity index (χ2n) is 7.49. The normalized spacial score (nSPS) is 17.2. The number of nitrogens with zero attached hydrogens (tertiary/aromatic N) is 3. The van der Waals surface area contributed by atoms with Gasteiger partial charge in [-0.05, 0) is 42.7 Å². The summed E-state index contributed by atoms with van der Waals surface area (Å²) in [4.78, 5) is 12.8. The average molecular weight is 511 g/mol. The molecule has 4 rings (SSSR count). The number of amides is 1. The van der Waals surface area contributed by atoms with Crippen molar-refractivity contribution in [2.45, 2.75) is 18.6 Å². The van der Waals surface area contributed by atoms with E-state index in [2.05, 4.69) is 15.5 Å². The smallest absolute Gasteiger partial charge is 0.230 e. The lowest BCUT2D eigenvalue weighted by Crippen LogP contribution is -2.44. The first-order valence-electron chi connectivity index (χ1n) is 9.93. The van der Waals surface area contributed by atoms with Gasteiger partial charge in [0.15, 0.2) is 0 Å². The second kappa shape index (κ2) is 9.84. The fourth-order valence-electron chi connectivity index (χ4n) is 3.48. The standard InChI is InChI=1S/C21H20Cl2N4O3S2/c22-17-7-3-14(4-8-17)13-32(29,30)27-11-1-2-16(12-27)19(28)24-21-26-25-20(31-21)15-5-9-18(23)10-6-15/h3-10,16H,1-2,11-13H2,(H,24,26,28). The first-order valence-corrected chi connectivity index (χ1v) is 13.1. The zero-order valence-electron chi connectivity index (χ0n) is 16.9. The van der Waals surface area contributed by atoms with E-state index < -0.39 is 15.9 Å². The maximum Gasteiger partial charge on any atom is 0.230 e. The van der Waals surface area contributed by atoms with Crippen LogP contribution in [0.25, 0.3) is 10.6 Å². The molecule has 1 fully saturated rings. The lowest BCUT2D eigenvalue weighted by atomic mass is 9.99. The number of halogens is 2. The minimum absolute atomic E-state index is 0.126. The number of benzene rings is 2. The number of anilines is 1. The molecule has 0 bridgehead atoms. The van der Waals surface area contributed by atoms with Crippen molar-refractivity contribution in [3.05, 3.63) is 64.1 Å². The molecule has 2 heterocycles. The van der Waals surface area contributed by atoms with Gasteiger partial charge in [-0.15, -0.1) is 10.2 Å². The Morgan fingerprint density at radius 2 is 1.72 bits per heavy atom. The summed E-state index contributed by atoms with van der Waals surface area (Å²) >= 11 is 13.0. The predicted molar refractivity (Wildman–Crippen MR) is 127 cm³/mol. The Hall–Kier alpha value is -2.04. The van der Waals surface area contributed by atoms with Crippen molar-refractivity contribution < 1.29 is 13.2 Å². The lowest BCUT2D eigenvalue weighted by molar-refractivity contribution is -0.120. The number of hydrogen-bond acceptors (Lipinski definition) is 6. The average Bonchev–Trinajstić information content (AvgIpc) is 3.24. The van der Waals surface area contributed by atoms with Gasteiger partial charge in [-0.3, -0.25) is 4.79 Å². The monoisotopic (exact) mass is 510 g/mol. The van der Waals surface area contributed by atoms with Crippen molar-refractivity contribution >= 4 is 55.6 Å². The van der Waals surface area contributed by atoms with Crippen LogP contribution < -0.4 is 5.32 Å². The van der Waals surface area contributed by atoms with Gasteiger partial charge in [0, 0.05) is 28.7 Å². The molecule has 1 aromatic heterocycles. The maximum absolute atomic E-state index is 12.9. The topological polar surface area (TPSA) is 92.3 Å². The molecule has 1 N–H and O–H groups in total. The molecule has 1 unspecified atom stereocenters. The third-order valence-corrected chi connectivity index (χ3v) is 8.37. The van der Waals surface area contributed by atoms with Crippen LogP contribution >= 0.6 is 34.5 Å². The summed E-state index contributed by atoms with van der Waals surface area (Å²) in [5.74, 6) is -0.832. The van der Waals surface area contributed by atoms with E-state index >= 15 is 0 Å². The molecule has 3 aromatic rings. The van der Waals surface area contributed by atoms with E-state index in [1.165, 1.54) is 15.6 Å². The molecule has 7 nitrogen and oxygen atoms in total. The van der Waals surface area contributed by atoms with Crippen LogP contribution in [0.2, 0.25) is 10.0 Å². The maximum atomic E-state index is 12.9. The molecule has 2 aromatic carbocycles. The largest absolute Gasteiger partial charge is 0.300 e. The zero-order chi connectivity index (χ0) is 22.7. The SMILES string of the molecule is O=C(Nc1nnc(-c2ccc(Cl)cc2)s1)C1CCCN(S(=O)(=O)Cc2ccc(Cl)cc2)C1. The van der Waals surface area contributed by atoms with Gasteiger partial charge >= 0.3 is 0 Å². The number of aromatic nitrogens is 2. The van der Waals surface area contributed by atoms with Crippen LogP contribution in [0, 0.1) is 5.92 Å². The lowest BCUT2D eigenvalue weighted by Gasteiger charge is -2.31. The summed E-state index contributed by atoms with van der Waals surface area (Å²) in [6.45, 7) is 0.545. The molecule has 32 heavy (non-hydrogen) atoms. The summed E-state index contributed by atoms with van der Waals surface area (Å²) in [7, 11) is -3.55. The molecule has 0 radical (unpaired) electrons. The van der Waals surface area contributed by atoms with E-state index in [1.54, 1.807) is 36.4 Å². The van der Waals surface area contributed by atoms with Crippen molar-refractivity contribution in [2.75, 3.05) is 18.4 Å². The van der Waals surface area contributed by atoms with Crippen molar-refractivity contribution in [3.8, 4) is 10.6 Å². The van der Waals surface area contributed by atoms with Crippen molar-refractivity contribution in [2.24, 2.45) is 5.92 Å². The quantitative estimate of drug-likeness (QED) is 0.518. The molecule has 0 spiro atoms. The van der Waals surface area contributed by atoms with E-state index in [9.17, 15) is 13.2 Å². The number of rotatable bonds is 6. The van der Waals surface area contributed by atoms with Gasteiger partial charge in [0.05, 0.1) is 11.7 Å². The van der Waals surface area contributed by atoms with E-state index in [0.717, 1.165) is 5.56 Å². The van der Waals surface area contributed by atoms with Crippen LogP contribution in [0.1, 0.15) is 18.4 Å². The van der Waals surface area contributed by atoms with Gasteiger partial charge in [0.2, 0.25) is 21.1 Å². The summed E-state index contributed by atoms with van der Waals surface area (Å²) in [5.41, 5.74) is 1.51. The van der Waals surface area contributed by atoms with Crippen LogP contribution in [0.5, 0.6) is 0 Å². The Balaban J connectivity index is 1.39. The van der Waals surface area contributed by atoms with Gasteiger partial charge in [0.1, 0.15) is 5.01 Å². The highest BCUT2D eigenvalue weighted by Crippen LogP contribution is 2.29. The van der Waals surface area contributed by atoms with Gasteiger partial charge in [-0.1, -0.05) is 58.8 Å². The first-order chi connectivity index (χ1) is 15.3. The molecule has 1 atom stereocenters. The summed E-state index contributed by atoms with van der Waals surface area (Å²) in [6, 6.07) is 13.9. The van der Waals surface area contributed by atoms with E-state index in [4.69, 9.17) is 23.2 Å². The Labute approximate surface area is 200 Å². The zero-order valence-corrected chi connectivity index (χ0v) is 20.0. The van der Waals surface area contributed by atoms with Crippen LogP contribution in [0.15, 0.2) is 48.5 Å². The van der Waals surface area contributed by atoms with Crippen molar-refractivity contribution in [3.63, 3.8) is 0 Å². The highest BCUT2D eigenvalue weighted by molar-refractivity contribution is 7.88. The molecular formula is C21H20Cl2N4O3S2. The second-order valence-corrected chi connectivity index (χ2v) is 11.3. The molecule has 0 aliphatic carbocycles. The minimum Gasteiger partial charge on any atom is -0.300 e. The molecule has 1 amide bonds. The van der Waals surface area contributed by atoms with Crippen LogP contribution in [-0.4, -0.2) is 41.9 Å². The number of piperidine rings is 1. The molecular weight excluding hydrogens is 491 g/mol. The molecule has 168 valence electrons.